The summed E-state index contributed by atoms with van der Waals surface area (Å²) in [6, 6.07) is 13.6. The van der Waals surface area contributed by atoms with Crippen molar-refractivity contribution in [2.24, 2.45) is 0 Å². The summed E-state index contributed by atoms with van der Waals surface area (Å²) in [7, 11) is 0. The van der Waals surface area contributed by atoms with E-state index < -0.39 is 0 Å². The fourth-order valence-corrected chi connectivity index (χ4v) is 3.20. The smallest absolute Gasteiger partial charge is 0.145 e. The number of H-pyrrole nitrogens is 1. The molecule has 3 aromatic heterocycles. The number of aromatic amines is 1. The molecule has 0 spiro atoms. The fourth-order valence-electron chi connectivity index (χ4n) is 2.45. The summed E-state index contributed by atoms with van der Waals surface area (Å²) in [4.78, 5) is 5.49. The van der Waals surface area contributed by atoms with Gasteiger partial charge in [0, 0.05) is 12.1 Å². The van der Waals surface area contributed by atoms with Crippen LogP contribution in [-0.4, -0.2) is 15.2 Å². The molecule has 0 atom stereocenters. The van der Waals surface area contributed by atoms with Gasteiger partial charge in [0.25, 0.3) is 0 Å². The molecular formula is C19H15FN4OS. The Morgan fingerprint density at radius 1 is 1.04 bits per heavy atom. The second-order valence-corrected chi connectivity index (χ2v) is 6.48. The molecule has 0 saturated heterocycles. The summed E-state index contributed by atoms with van der Waals surface area (Å²) in [5, 5.41) is 12.5. The molecule has 1 aromatic carbocycles. The van der Waals surface area contributed by atoms with Gasteiger partial charge in [0.15, 0.2) is 0 Å². The van der Waals surface area contributed by atoms with Gasteiger partial charge in [0.2, 0.25) is 0 Å². The van der Waals surface area contributed by atoms with Crippen molar-refractivity contribution in [1.82, 2.24) is 15.2 Å². The Morgan fingerprint density at radius 2 is 1.88 bits per heavy atom. The number of ether oxygens (including phenoxy) is 1. The van der Waals surface area contributed by atoms with Crippen molar-refractivity contribution in [3.05, 3.63) is 77.7 Å². The van der Waals surface area contributed by atoms with Crippen LogP contribution in [0.25, 0.3) is 10.6 Å². The highest BCUT2D eigenvalue weighted by molar-refractivity contribution is 7.13. The molecule has 0 aliphatic carbocycles. The Morgan fingerprint density at radius 3 is 2.62 bits per heavy atom. The van der Waals surface area contributed by atoms with Crippen LogP contribution in [0.1, 0.15) is 5.56 Å². The zero-order valence-electron chi connectivity index (χ0n) is 13.6. The molecule has 0 saturated carbocycles. The Hall–Kier alpha value is -3.19. The van der Waals surface area contributed by atoms with E-state index in [0.29, 0.717) is 18.0 Å². The van der Waals surface area contributed by atoms with Crippen LogP contribution in [0.15, 0.2) is 66.3 Å². The molecule has 0 fully saturated rings. The third kappa shape index (κ3) is 3.73. The van der Waals surface area contributed by atoms with Crippen molar-refractivity contribution in [2.75, 3.05) is 5.32 Å². The van der Waals surface area contributed by atoms with Crippen molar-refractivity contribution in [2.45, 2.75) is 6.54 Å². The topological polar surface area (TPSA) is 62.8 Å². The minimum Gasteiger partial charge on any atom is -0.456 e. The van der Waals surface area contributed by atoms with Gasteiger partial charge in [0.05, 0.1) is 23.0 Å². The molecule has 5 nitrogen and oxygen atoms in total. The van der Waals surface area contributed by atoms with Crippen LogP contribution in [-0.2, 0) is 6.54 Å². The quantitative estimate of drug-likeness (QED) is 0.500. The van der Waals surface area contributed by atoms with Crippen molar-refractivity contribution in [3.63, 3.8) is 0 Å². The van der Waals surface area contributed by atoms with Crippen LogP contribution in [0.2, 0.25) is 0 Å². The third-order valence-electron chi connectivity index (χ3n) is 3.73. The van der Waals surface area contributed by atoms with Crippen LogP contribution in [0.4, 0.5) is 10.2 Å². The number of rotatable bonds is 6. The summed E-state index contributed by atoms with van der Waals surface area (Å²) in [6.07, 6.45) is 3.44. The first-order valence-electron chi connectivity index (χ1n) is 7.97. The van der Waals surface area contributed by atoms with E-state index in [1.807, 2.05) is 29.8 Å². The largest absolute Gasteiger partial charge is 0.456 e. The summed E-state index contributed by atoms with van der Waals surface area (Å²) < 4.78 is 18.6. The average Bonchev–Trinajstić information content (AvgIpc) is 3.34. The first kappa shape index (κ1) is 16.3. The molecule has 7 heteroatoms. The lowest BCUT2D eigenvalue weighted by Crippen LogP contribution is -2.01. The predicted octanol–water partition coefficient (Wildman–Crippen LogP) is 5.08. The molecule has 130 valence electrons. The first-order chi connectivity index (χ1) is 12.8. The molecule has 26 heavy (non-hydrogen) atoms. The van der Waals surface area contributed by atoms with Crippen LogP contribution in [0.3, 0.4) is 0 Å². The van der Waals surface area contributed by atoms with E-state index in [0.717, 1.165) is 22.0 Å². The van der Waals surface area contributed by atoms with Gasteiger partial charge in [0.1, 0.15) is 23.1 Å². The minimum atomic E-state index is -0.295. The molecule has 4 rings (SSSR count). The van der Waals surface area contributed by atoms with E-state index in [9.17, 15) is 4.39 Å². The molecule has 0 aliphatic heterocycles. The summed E-state index contributed by atoms with van der Waals surface area (Å²) in [5.74, 6) is 1.59. The van der Waals surface area contributed by atoms with Crippen molar-refractivity contribution >= 4 is 17.2 Å². The van der Waals surface area contributed by atoms with Gasteiger partial charge in [-0.1, -0.05) is 6.07 Å². The Kier molecular flexibility index (Phi) is 4.61. The van der Waals surface area contributed by atoms with E-state index in [4.69, 9.17) is 4.74 Å². The normalized spacial score (nSPS) is 10.7. The van der Waals surface area contributed by atoms with Gasteiger partial charge in [-0.2, -0.15) is 5.10 Å². The lowest BCUT2D eigenvalue weighted by atomic mass is 10.2. The number of halogens is 1. The molecule has 0 aliphatic rings. The van der Waals surface area contributed by atoms with Crippen molar-refractivity contribution in [3.8, 4) is 22.1 Å². The Labute approximate surface area is 153 Å². The first-order valence-corrected chi connectivity index (χ1v) is 8.85. The van der Waals surface area contributed by atoms with Gasteiger partial charge in [-0.15, -0.1) is 11.3 Å². The van der Waals surface area contributed by atoms with Crippen molar-refractivity contribution < 1.29 is 9.13 Å². The standard InChI is InChI=1S/C19H15FN4OS/c20-14-3-5-15(6-4-14)25-16-7-8-18(22-12-16)21-10-13-11-23-24-19(13)17-2-1-9-26-17/h1-9,11-12H,10H2,(H,21,22)(H,23,24). The van der Waals surface area contributed by atoms with Gasteiger partial charge in [-0.05, 0) is 47.8 Å². The second-order valence-electron chi connectivity index (χ2n) is 5.54. The number of thiophene rings is 1. The summed E-state index contributed by atoms with van der Waals surface area (Å²) in [5.41, 5.74) is 2.09. The molecule has 0 unspecified atom stereocenters. The molecule has 4 aromatic rings. The van der Waals surface area contributed by atoms with Crippen molar-refractivity contribution in [1.29, 1.82) is 0 Å². The van der Waals surface area contributed by atoms with E-state index in [-0.39, 0.29) is 5.82 Å². The highest BCUT2D eigenvalue weighted by atomic mass is 32.1. The van der Waals surface area contributed by atoms with E-state index in [1.165, 1.54) is 12.1 Å². The number of pyridine rings is 1. The lowest BCUT2D eigenvalue weighted by Gasteiger charge is -2.08. The SMILES string of the molecule is Fc1ccc(Oc2ccc(NCc3cn[nH]c3-c3cccs3)nc2)cc1. The van der Waals surface area contributed by atoms with Gasteiger partial charge in [-0.25, -0.2) is 9.37 Å². The van der Waals surface area contributed by atoms with E-state index in [2.05, 4.69) is 26.6 Å². The zero-order chi connectivity index (χ0) is 17.8. The summed E-state index contributed by atoms with van der Waals surface area (Å²) in [6.45, 7) is 0.606. The third-order valence-corrected chi connectivity index (χ3v) is 4.62. The number of hydrogen-bond donors (Lipinski definition) is 2. The van der Waals surface area contributed by atoms with Crippen LogP contribution < -0.4 is 10.1 Å². The van der Waals surface area contributed by atoms with E-state index in [1.54, 1.807) is 29.7 Å². The van der Waals surface area contributed by atoms with E-state index >= 15 is 0 Å². The zero-order valence-corrected chi connectivity index (χ0v) is 14.5. The maximum atomic E-state index is 12.9. The molecule has 2 N–H and O–H groups in total. The maximum absolute atomic E-state index is 12.9. The summed E-state index contributed by atoms with van der Waals surface area (Å²) >= 11 is 1.67. The molecule has 3 heterocycles. The Bertz CT molecular complexity index is 966. The molecule has 0 bridgehead atoms. The highest BCUT2D eigenvalue weighted by Crippen LogP contribution is 2.26. The molecule has 0 amide bonds. The second kappa shape index (κ2) is 7.37. The lowest BCUT2D eigenvalue weighted by molar-refractivity contribution is 0.478. The van der Waals surface area contributed by atoms with Crippen LogP contribution in [0, 0.1) is 5.82 Å². The Balaban J connectivity index is 1.39. The number of nitrogens with zero attached hydrogens (tertiary/aromatic N) is 2. The number of anilines is 1. The maximum Gasteiger partial charge on any atom is 0.145 e. The van der Waals surface area contributed by atoms with Gasteiger partial charge in [-0.3, -0.25) is 5.10 Å². The van der Waals surface area contributed by atoms with Gasteiger partial charge < -0.3 is 10.1 Å². The molecule has 0 radical (unpaired) electrons. The molecular weight excluding hydrogens is 351 g/mol. The fraction of sp³-hybridized carbons (Fsp3) is 0.0526. The van der Waals surface area contributed by atoms with Crippen LogP contribution in [0.5, 0.6) is 11.5 Å². The average molecular weight is 366 g/mol. The number of aromatic nitrogens is 3. The number of benzene rings is 1. The monoisotopic (exact) mass is 366 g/mol. The van der Waals surface area contributed by atoms with Crippen LogP contribution >= 0.6 is 11.3 Å². The minimum absolute atomic E-state index is 0.295. The predicted molar refractivity (Wildman–Crippen MR) is 99.9 cm³/mol. The number of hydrogen-bond acceptors (Lipinski definition) is 5. The number of nitrogens with one attached hydrogen (secondary N) is 2. The highest BCUT2D eigenvalue weighted by Gasteiger charge is 2.08. The van der Waals surface area contributed by atoms with Gasteiger partial charge >= 0.3 is 0 Å².